The Morgan fingerprint density at radius 1 is 0.269 bits per heavy atom. The Morgan fingerprint density at radius 3 is 1.37 bits per heavy atom. The van der Waals surface area contributed by atoms with Crippen LogP contribution in [0.3, 0.4) is 0 Å². The molecule has 0 fully saturated rings. The fourth-order valence-electron chi connectivity index (χ4n) is 13.3. The smallest absolute Gasteiger partial charge is 0.132 e. The molecule has 0 bridgehead atoms. The highest BCUT2D eigenvalue weighted by Crippen LogP contribution is 2.58. The van der Waals surface area contributed by atoms with Crippen molar-refractivity contribution < 1.29 is 4.74 Å². The lowest BCUT2D eigenvalue weighted by atomic mass is 9.63. The summed E-state index contributed by atoms with van der Waals surface area (Å²) in [6, 6.07) is 111. The molecule has 0 saturated carbocycles. The van der Waals surface area contributed by atoms with E-state index in [2.05, 4.69) is 314 Å². The van der Waals surface area contributed by atoms with Gasteiger partial charge in [0.15, 0.2) is 0 Å². The van der Waals surface area contributed by atoms with Gasteiger partial charge in [-0.2, -0.15) is 0 Å². The second-order valence-electron chi connectivity index (χ2n) is 20.7. The Kier molecular flexibility index (Phi) is 10.7. The minimum atomic E-state index is -0.694. The molecule has 1 heterocycles. The fourth-order valence-corrected chi connectivity index (χ4v) is 13.3. The van der Waals surface area contributed by atoms with E-state index in [9.17, 15) is 0 Å². The molecule has 1 aliphatic heterocycles. The highest BCUT2D eigenvalue weighted by atomic mass is 16.5. The van der Waals surface area contributed by atoms with E-state index < -0.39 is 10.8 Å². The van der Waals surface area contributed by atoms with Crippen molar-refractivity contribution in [2.24, 2.45) is 0 Å². The van der Waals surface area contributed by atoms with E-state index in [-0.39, 0.29) is 0 Å². The van der Waals surface area contributed by atoms with Gasteiger partial charge in [-0.25, -0.2) is 0 Å². The van der Waals surface area contributed by atoms with E-state index in [0.29, 0.717) is 0 Å². The van der Waals surface area contributed by atoms with E-state index in [0.717, 1.165) is 50.8 Å². The van der Waals surface area contributed by atoms with Crippen LogP contribution >= 0.6 is 0 Å². The molecule has 0 unspecified atom stereocenters. The number of fused-ring (bicyclic) bond motifs is 8. The second-order valence-corrected chi connectivity index (χ2v) is 20.7. The Hall–Kier alpha value is -10.0. The summed E-state index contributed by atoms with van der Waals surface area (Å²) in [5, 5.41) is 0. The van der Waals surface area contributed by atoms with Gasteiger partial charge in [-0.05, 0) is 144 Å². The van der Waals surface area contributed by atoms with Crippen LogP contribution in [0, 0.1) is 0 Å². The maximum atomic E-state index is 6.96. The van der Waals surface area contributed by atoms with Gasteiger partial charge in [0.1, 0.15) is 11.5 Å². The third kappa shape index (κ3) is 6.97. The van der Waals surface area contributed by atoms with Crippen LogP contribution in [0.25, 0.3) is 45.0 Å². The molecule has 0 atom stereocenters. The number of anilines is 3. The first kappa shape index (κ1) is 45.4. The molecule has 2 aliphatic carbocycles. The van der Waals surface area contributed by atoms with Gasteiger partial charge < -0.3 is 9.64 Å². The van der Waals surface area contributed by atoms with Crippen molar-refractivity contribution in [2.45, 2.75) is 10.8 Å². The van der Waals surface area contributed by atoms with Crippen LogP contribution in [-0.2, 0) is 10.8 Å². The SMILES string of the molecule is C(=C1/c2ccccc2-c2ccc(N(c3cccc(-c4ccc(C5(c6ccccc6)c6ccccc6-c6ccccc65)cc4)c3)c3ccc4c(c3)C(c3ccccc3)(c3ccccc3)c3ccccc3O4)cc21)/c1ccccc1. The van der Waals surface area contributed by atoms with E-state index >= 15 is 0 Å². The first-order chi connectivity index (χ1) is 38.7. The summed E-state index contributed by atoms with van der Waals surface area (Å²) in [6.07, 6.45) is 2.34. The topological polar surface area (TPSA) is 12.5 Å². The van der Waals surface area contributed by atoms with Crippen molar-refractivity contribution in [3.63, 3.8) is 0 Å². The summed E-state index contributed by atoms with van der Waals surface area (Å²) in [6.45, 7) is 0. The average molecular weight is 994 g/mol. The van der Waals surface area contributed by atoms with Crippen molar-refractivity contribution in [1.29, 1.82) is 0 Å². The predicted molar refractivity (Wildman–Crippen MR) is 321 cm³/mol. The van der Waals surface area contributed by atoms with Crippen LogP contribution in [0.4, 0.5) is 17.1 Å². The highest BCUT2D eigenvalue weighted by Gasteiger charge is 2.47. The zero-order valence-electron chi connectivity index (χ0n) is 42.8. The third-order valence-corrected chi connectivity index (χ3v) is 16.6. The zero-order chi connectivity index (χ0) is 51.6. The van der Waals surface area contributed by atoms with Gasteiger partial charge in [0.2, 0.25) is 0 Å². The van der Waals surface area contributed by atoms with E-state index in [1.807, 2.05) is 0 Å². The van der Waals surface area contributed by atoms with Crippen LogP contribution in [0.5, 0.6) is 11.5 Å². The molecule has 0 saturated heterocycles. The quantitative estimate of drug-likeness (QED) is 0.143. The Morgan fingerprint density at radius 2 is 0.731 bits per heavy atom. The molecular formula is C76H51NO. The predicted octanol–water partition coefficient (Wildman–Crippen LogP) is 19.2. The van der Waals surface area contributed by atoms with Gasteiger partial charge in [-0.15, -0.1) is 0 Å². The summed E-state index contributed by atoms with van der Waals surface area (Å²) < 4.78 is 6.96. The summed E-state index contributed by atoms with van der Waals surface area (Å²) in [4.78, 5) is 2.44. The lowest BCUT2D eigenvalue weighted by molar-refractivity contribution is 0.434. The average Bonchev–Trinajstić information content (AvgIpc) is 4.06. The molecule has 78 heavy (non-hydrogen) atoms. The number of hydrogen-bond acceptors (Lipinski definition) is 2. The maximum Gasteiger partial charge on any atom is 0.132 e. The molecule has 0 amide bonds. The van der Waals surface area contributed by atoms with Crippen molar-refractivity contribution in [1.82, 2.24) is 0 Å². The summed E-state index contributed by atoms with van der Waals surface area (Å²) >= 11 is 0. The largest absolute Gasteiger partial charge is 0.457 e. The number of para-hydroxylation sites is 1. The third-order valence-electron chi connectivity index (χ3n) is 16.6. The number of nitrogens with zero attached hydrogens (tertiary/aromatic N) is 1. The molecule has 0 aromatic heterocycles. The fraction of sp³-hybridized carbons (Fsp3) is 0.0263. The first-order valence-corrected chi connectivity index (χ1v) is 27.0. The van der Waals surface area contributed by atoms with E-state index in [1.54, 1.807) is 0 Å². The van der Waals surface area contributed by atoms with Crippen molar-refractivity contribution >= 4 is 28.7 Å². The van der Waals surface area contributed by atoms with Crippen molar-refractivity contribution in [3.05, 3.63) is 365 Å². The van der Waals surface area contributed by atoms with Gasteiger partial charge in [0, 0.05) is 28.2 Å². The number of ether oxygens (including phenoxy) is 1. The normalized spacial score (nSPS) is 14.2. The summed E-state index contributed by atoms with van der Waals surface area (Å²) in [7, 11) is 0. The Balaban J connectivity index is 0.924. The van der Waals surface area contributed by atoms with Crippen molar-refractivity contribution in [3.8, 4) is 44.9 Å². The minimum Gasteiger partial charge on any atom is -0.457 e. The zero-order valence-corrected chi connectivity index (χ0v) is 42.8. The lowest BCUT2D eigenvalue weighted by Gasteiger charge is -2.42. The number of hydrogen-bond donors (Lipinski definition) is 0. The van der Waals surface area contributed by atoms with E-state index in [4.69, 9.17) is 4.74 Å². The molecule has 2 nitrogen and oxygen atoms in total. The lowest BCUT2D eigenvalue weighted by Crippen LogP contribution is -2.34. The standard InChI is InChI=1S/C76H51NO/c1-5-22-52(23-6-1)48-67-63-33-14-13-32-62(63)64-46-44-60(50-68(64)67)77(61-45-47-74-72(51-61)76(56-27-9-3-10-28-56,57-29-11-4-12-30-57)71-38-19-20-39-73(71)78-74)59-31-21-24-54(49-59)53-40-42-58(43-41-53)75(55-25-7-2-8-26-55)69-36-17-15-34-65(69)66-35-16-18-37-70(66)75/h1-51H/b67-48+. The molecule has 15 rings (SSSR count). The number of benzene rings is 12. The van der Waals surface area contributed by atoms with E-state index in [1.165, 1.54) is 77.9 Å². The molecule has 0 radical (unpaired) electrons. The second kappa shape index (κ2) is 18.4. The monoisotopic (exact) mass is 993 g/mol. The molecular weight excluding hydrogens is 943 g/mol. The highest BCUT2D eigenvalue weighted by molar-refractivity contribution is 6.07. The van der Waals surface area contributed by atoms with Crippen LogP contribution in [0.15, 0.2) is 303 Å². The molecule has 3 aliphatic rings. The molecule has 366 valence electrons. The summed E-state index contributed by atoms with van der Waals surface area (Å²) in [5.74, 6) is 1.69. The number of rotatable bonds is 9. The Bertz CT molecular complexity index is 4190. The van der Waals surface area contributed by atoms with Gasteiger partial charge in [-0.1, -0.05) is 255 Å². The molecule has 12 aromatic carbocycles. The van der Waals surface area contributed by atoms with Crippen LogP contribution in [-0.4, -0.2) is 0 Å². The van der Waals surface area contributed by atoms with Crippen LogP contribution in [0.2, 0.25) is 0 Å². The molecule has 12 aromatic rings. The van der Waals surface area contributed by atoms with Gasteiger partial charge >= 0.3 is 0 Å². The first-order valence-electron chi connectivity index (χ1n) is 27.0. The van der Waals surface area contributed by atoms with Crippen molar-refractivity contribution in [2.75, 3.05) is 4.90 Å². The summed E-state index contributed by atoms with van der Waals surface area (Å²) in [5.41, 5.74) is 23.7. The minimum absolute atomic E-state index is 0.474. The molecule has 0 spiro atoms. The molecule has 0 N–H and O–H groups in total. The van der Waals surface area contributed by atoms with Crippen LogP contribution in [0.1, 0.15) is 61.2 Å². The Labute approximate surface area is 456 Å². The van der Waals surface area contributed by atoms with Gasteiger partial charge in [0.05, 0.1) is 10.8 Å². The van der Waals surface area contributed by atoms with Gasteiger partial charge in [0.25, 0.3) is 0 Å². The van der Waals surface area contributed by atoms with Gasteiger partial charge in [-0.3, -0.25) is 0 Å². The molecule has 2 heteroatoms. The maximum absolute atomic E-state index is 6.96. The van der Waals surface area contributed by atoms with Crippen LogP contribution < -0.4 is 9.64 Å².